The predicted molar refractivity (Wildman–Crippen MR) is 81.1 cm³/mol. The molecule has 3 rings (SSSR count). The molecule has 4 nitrogen and oxygen atoms in total. The van der Waals surface area contributed by atoms with Gasteiger partial charge in [0.25, 0.3) is 0 Å². The predicted octanol–water partition coefficient (Wildman–Crippen LogP) is 2.50. The van der Waals surface area contributed by atoms with Crippen molar-refractivity contribution in [3.8, 4) is 10.6 Å². The van der Waals surface area contributed by atoms with Crippen LogP contribution in [-0.4, -0.2) is 28.5 Å². The molecule has 2 aromatic rings. The molecule has 0 amide bonds. The Bertz CT molecular complexity index is 580. The number of hydrogen-bond donors (Lipinski definition) is 0. The Morgan fingerprint density at radius 1 is 1.00 bits per heavy atom. The Hall–Kier alpha value is -1.24. The third kappa shape index (κ3) is 2.28. The second-order valence-electron chi connectivity index (χ2n) is 5.95. The largest absolute Gasteiger partial charge is 0.494 e. The number of benzene rings is 1. The number of hydrogen-bond acceptors (Lipinski definition) is 5. The fraction of sp³-hybridized carbons (Fsp3) is 0.429. The summed E-state index contributed by atoms with van der Waals surface area (Å²) in [5, 5.41) is 8.84. The van der Waals surface area contributed by atoms with Crippen LogP contribution in [0.3, 0.4) is 0 Å². The molecule has 1 aliphatic rings. The van der Waals surface area contributed by atoms with E-state index < -0.39 is 0 Å². The van der Waals surface area contributed by atoms with Gasteiger partial charge in [-0.2, -0.15) is 0 Å². The number of aromatic nitrogens is 2. The molecule has 1 fully saturated rings. The van der Waals surface area contributed by atoms with Gasteiger partial charge in [0.1, 0.15) is 10.5 Å². The lowest BCUT2D eigenvalue weighted by Crippen LogP contribution is -2.41. The monoisotopic (exact) mass is 288 g/mol. The second-order valence-corrected chi connectivity index (χ2v) is 6.79. The molecule has 1 aromatic carbocycles. The summed E-state index contributed by atoms with van der Waals surface area (Å²) in [6.45, 7) is 8.23. The van der Waals surface area contributed by atoms with Crippen molar-refractivity contribution in [3.63, 3.8) is 0 Å². The van der Waals surface area contributed by atoms with Crippen molar-refractivity contribution in [1.82, 2.24) is 10.2 Å². The highest BCUT2D eigenvalue weighted by Crippen LogP contribution is 2.36. The molecule has 0 saturated carbocycles. The van der Waals surface area contributed by atoms with Gasteiger partial charge in [0.05, 0.1) is 11.2 Å². The maximum Gasteiger partial charge on any atom is 0.494 e. The lowest BCUT2D eigenvalue weighted by atomic mass is 9.79. The summed E-state index contributed by atoms with van der Waals surface area (Å²) in [5.74, 6) is 0. The van der Waals surface area contributed by atoms with Crippen LogP contribution in [0.5, 0.6) is 0 Å². The normalized spacial score (nSPS) is 20.3. The highest BCUT2D eigenvalue weighted by molar-refractivity contribution is 7.12. The molecule has 1 aliphatic heterocycles. The summed E-state index contributed by atoms with van der Waals surface area (Å²) in [6, 6.07) is 8.11. The van der Waals surface area contributed by atoms with E-state index in [1.165, 1.54) is 11.3 Å². The summed E-state index contributed by atoms with van der Waals surface area (Å²) in [7, 11) is -0.316. The molecular weight excluding hydrogens is 271 g/mol. The third-order valence-electron chi connectivity index (χ3n) is 4.04. The van der Waals surface area contributed by atoms with E-state index in [9.17, 15) is 0 Å². The van der Waals surface area contributed by atoms with Crippen LogP contribution in [0.25, 0.3) is 10.6 Å². The minimum absolute atomic E-state index is 0.310. The van der Waals surface area contributed by atoms with Crippen LogP contribution in [0.2, 0.25) is 0 Å². The first-order valence-electron chi connectivity index (χ1n) is 6.61. The maximum absolute atomic E-state index is 6.03. The molecule has 20 heavy (non-hydrogen) atoms. The average Bonchev–Trinajstić information content (AvgIpc) is 2.97. The van der Waals surface area contributed by atoms with E-state index in [0.29, 0.717) is 0 Å². The molecule has 0 aliphatic carbocycles. The van der Waals surface area contributed by atoms with Crippen molar-refractivity contribution >= 4 is 23.9 Å². The minimum Gasteiger partial charge on any atom is -0.399 e. The van der Waals surface area contributed by atoms with E-state index in [2.05, 4.69) is 37.9 Å². The molecule has 1 saturated heterocycles. The summed E-state index contributed by atoms with van der Waals surface area (Å²) >= 11 is 1.53. The van der Waals surface area contributed by atoms with Crippen LogP contribution in [0, 0.1) is 0 Å². The van der Waals surface area contributed by atoms with E-state index in [4.69, 9.17) is 9.31 Å². The fourth-order valence-corrected chi connectivity index (χ4v) is 2.62. The van der Waals surface area contributed by atoms with E-state index >= 15 is 0 Å². The van der Waals surface area contributed by atoms with Gasteiger partial charge in [-0.1, -0.05) is 35.6 Å². The van der Waals surface area contributed by atoms with Gasteiger partial charge in [0, 0.05) is 5.56 Å². The lowest BCUT2D eigenvalue weighted by molar-refractivity contribution is 0.00578. The van der Waals surface area contributed by atoms with Crippen LogP contribution in [-0.2, 0) is 9.31 Å². The molecule has 6 heteroatoms. The van der Waals surface area contributed by atoms with Gasteiger partial charge in [-0.25, -0.2) is 0 Å². The third-order valence-corrected chi connectivity index (χ3v) is 4.78. The zero-order valence-electron chi connectivity index (χ0n) is 12.1. The van der Waals surface area contributed by atoms with E-state index in [-0.39, 0.29) is 18.3 Å². The first-order valence-corrected chi connectivity index (χ1v) is 7.49. The second kappa shape index (κ2) is 4.65. The smallest absolute Gasteiger partial charge is 0.399 e. The summed E-state index contributed by atoms with van der Waals surface area (Å²) in [6.07, 6.45) is 0. The maximum atomic E-state index is 6.03. The zero-order valence-corrected chi connectivity index (χ0v) is 12.9. The molecular formula is C14H17BN2O2S. The Morgan fingerprint density at radius 3 is 2.10 bits per heavy atom. The number of rotatable bonds is 2. The van der Waals surface area contributed by atoms with Crippen molar-refractivity contribution in [3.05, 3.63) is 29.8 Å². The van der Waals surface area contributed by atoms with Crippen molar-refractivity contribution in [2.75, 3.05) is 0 Å². The minimum atomic E-state index is -0.316. The number of nitrogens with zero attached hydrogens (tertiary/aromatic N) is 2. The van der Waals surface area contributed by atoms with Crippen LogP contribution in [0.15, 0.2) is 29.8 Å². The van der Waals surface area contributed by atoms with Gasteiger partial charge in [-0.3, -0.25) is 0 Å². The standard InChI is InChI=1S/C14H17BN2O2S/c1-13(2)14(3,4)19-15(18-13)11-7-5-10(6-8-11)12-17-16-9-20-12/h5-9H,1-4H3. The fourth-order valence-electron chi connectivity index (χ4n) is 2.06. The molecule has 104 valence electrons. The van der Waals surface area contributed by atoms with Crippen LogP contribution in [0.1, 0.15) is 27.7 Å². The Balaban J connectivity index is 1.83. The Labute approximate surface area is 123 Å². The molecule has 0 bridgehead atoms. The SMILES string of the molecule is CC1(C)OB(c2ccc(-c3nncs3)cc2)OC1(C)C. The van der Waals surface area contributed by atoms with Gasteiger partial charge in [0.2, 0.25) is 0 Å². The topological polar surface area (TPSA) is 44.2 Å². The van der Waals surface area contributed by atoms with Gasteiger partial charge in [0.15, 0.2) is 0 Å². The Kier molecular flexibility index (Phi) is 3.19. The molecule has 0 unspecified atom stereocenters. The van der Waals surface area contributed by atoms with Crippen LogP contribution >= 0.6 is 11.3 Å². The van der Waals surface area contributed by atoms with E-state index in [1.54, 1.807) is 5.51 Å². The molecule has 0 atom stereocenters. The van der Waals surface area contributed by atoms with Gasteiger partial charge >= 0.3 is 7.12 Å². The highest BCUT2D eigenvalue weighted by Gasteiger charge is 2.51. The quantitative estimate of drug-likeness (QED) is 0.796. The first-order chi connectivity index (χ1) is 9.39. The summed E-state index contributed by atoms with van der Waals surface area (Å²) in [5.41, 5.74) is 3.20. The van der Waals surface area contributed by atoms with Crippen molar-refractivity contribution in [2.45, 2.75) is 38.9 Å². The summed E-state index contributed by atoms with van der Waals surface area (Å²) in [4.78, 5) is 0. The molecule has 0 N–H and O–H groups in total. The summed E-state index contributed by atoms with van der Waals surface area (Å²) < 4.78 is 12.1. The van der Waals surface area contributed by atoms with Gasteiger partial charge in [-0.05, 0) is 33.2 Å². The van der Waals surface area contributed by atoms with E-state index in [1.807, 2.05) is 24.3 Å². The molecule has 0 spiro atoms. The first kappa shape index (κ1) is 13.7. The Morgan fingerprint density at radius 2 is 1.60 bits per heavy atom. The molecule has 1 aromatic heterocycles. The molecule has 2 heterocycles. The van der Waals surface area contributed by atoms with Crippen molar-refractivity contribution in [2.24, 2.45) is 0 Å². The van der Waals surface area contributed by atoms with Gasteiger partial charge in [-0.15, -0.1) is 10.2 Å². The lowest BCUT2D eigenvalue weighted by Gasteiger charge is -2.32. The zero-order chi connectivity index (χ0) is 14.4. The van der Waals surface area contributed by atoms with Crippen molar-refractivity contribution in [1.29, 1.82) is 0 Å². The average molecular weight is 288 g/mol. The van der Waals surface area contributed by atoms with Gasteiger partial charge < -0.3 is 9.31 Å². The molecule has 0 radical (unpaired) electrons. The van der Waals surface area contributed by atoms with Crippen LogP contribution < -0.4 is 5.46 Å². The highest BCUT2D eigenvalue weighted by atomic mass is 32.1. The van der Waals surface area contributed by atoms with Crippen molar-refractivity contribution < 1.29 is 9.31 Å². The van der Waals surface area contributed by atoms with E-state index in [0.717, 1.165) is 16.0 Å². The van der Waals surface area contributed by atoms with Crippen LogP contribution in [0.4, 0.5) is 0 Å².